The summed E-state index contributed by atoms with van der Waals surface area (Å²) in [5, 5.41) is 0. The molecule has 194 valence electrons. The molecular formula is C23H32N2O8S2. The van der Waals surface area contributed by atoms with Crippen LogP contribution < -0.4 is 18.9 Å². The molecular weight excluding hydrogens is 496 g/mol. The Labute approximate surface area is 207 Å². The molecule has 0 radical (unpaired) electrons. The molecule has 0 fully saturated rings. The summed E-state index contributed by atoms with van der Waals surface area (Å²) in [7, 11) is -0.755. The maximum Gasteiger partial charge on any atom is 0.243 e. The molecule has 0 bridgehead atoms. The van der Waals surface area contributed by atoms with E-state index in [4.69, 9.17) is 18.9 Å². The van der Waals surface area contributed by atoms with Crippen molar-refractivity contribution >= 4 is 20.0 Å². The summed E-state index contributed by atoms with van der Waals surface area (Å²) < 4.78 is 76.1. The minimum Gasteiger partial charge on any atom is -0.493 e. The van der Waals surface area contributed by atoms with Crippen LogP contribution in [0.2, 0.25) is 0 Å². The average molecular weight is 529 g/mol. The van der Waals surface area contributed by atoms with Crippen molar-refractivity contribution in [2.75, 3.05) is 55.1 Å². The molecule has 0 saturated heterocycles. The Morgan fingerprint density at radius 2 is 1.17 bits per heavy atom. The molecule has 35 heavy (non-hydrogen) atoms. The summed E-state index contributed by atoms with van der Waals surface area (Å²) in [6.07, 6.45) is 3.41. The zero-order valence-electron chi connectivity index (χ0n) is 20.7. The topological polar surface area (TPSA) is 112 Å². The van der Waals surface area contributed by atoms with E-state index >= 15 is 0 Å². The molecule has 0 aliphatic carbocycles. The first kappa shape index (κ1) is 28.4. The molecule has 2 rings (SSSR count). The molecule has 2 aromatic carbocycles. The third-order valence-electron chi connectivity index (χ3n) is 5.27. The zero-order chi connectivity index (χ0) is 26.2. The SMILES string of the molecule is C/C=C/CN(CCN(C)S(=O)(=O)c1ccc(OC)c(OC)c1)S(=O)(=O)c1ccc(OC)c(OC)c1. The van der Waals surface area contributed by atoms with Gasteiger partial charge in [-0.25, -0.2) is 16.8 Å². The molecule has 0 aliphatic heterocycles. The molecule has 0 N–H and O–H groups in total. The number of hydrogen-bond acceptors (Lipinski definition) is 8. The number of rotatable bonds is 13. The van der Waals surface area contributed by atoms with Gasteiger partial charge in [0.1, 0.15) is 0 Å². The van der Waals surface area contributed by atoms with E-state index in [1.165, 1.54) is 76.2 Å². The van der Waals surface area contributed by atoms with Crippen LogP contribution in [0.5, 0.6) is 23.0 Å². The number of likely N-dealkylation sites (N-methyl/N-ethyl adjacent to an activating group) is 1. The van der Waals surface area contributed by atoms with Crippen LogP contribution in [0.25, 0.3) is 0 Å². The molecule has 10 nitrogen and oxygen atoms in total. The van der Waals surface area contributed by atoms with Crippen molar-refractivity contribution in [1.29, 1.82) is 0 Å². The van der Waals surface area contributed by atoms with Crippen molar-refractivity contribution in [3.05, 3.63) is 48.6 Å². The van der Waals surface area contributed by atoms with Gasteiger partial charge in [-0.15, -0.1) is 0 Å². The fourth-order valence-corrected chi connectivity index (χ4v) is 5.76. The number of allylic oxidation sites excluding steroid dienone is 1. The zero-order valence-corrected chi connectivity index (χ0v) is 22.4. The number of ether oxygens (including phenoxy) is 4. The van der Waals surface area contributed by atoms with Gasteiger partial charge in [-0.2, -0.15) is 8.61 Å². The highest BCUT2D eigenvalue weighted by Crippen LogP contribution is 2.32. The van der Waals surface area contributed by atoms with Crippen LogP contribution in [0.15, 0.2) is 58.3 Å². The lowest BCUT2D eigenvalue weighted by molar-refractivity contribution is 0.353. The van der Waals surface area contributed by atoms with E-state index in [1.807, 2.05) is 0 Å². The van der Waals surface area contributed by atoms with Gasteiger partial charge in [0.2, 0.25) is 20.0 Å². The van der Waals surface area contributed by atoms with Gasteiger partial charge in [-0.05, 0) is 31.2 Å². The second-order valence-corrected chi connectivity index (χ2v) is 11.3. The van der Waals surface area contributed by atoms with Gasteiger partial charge in [0.15, 0.2) is 23.0 Å². The molecule has 0 aromatic heterocycles. The Morgan fingerprint density at radius 3 is 1.60 bits per heavy atom. The summed E-state index contributed by atoms with van der Waals surface area (Å²) >= 11 is 0. The van der Waals surface area contributed by atoms with E-state index in [1.54, 1.807) is 19.1 Å². The smallest absolute Gasteiger partial charge is 0.243 e. The Bertz CT molecular complexity index is 1240. The second-order valence-electron chi connectivity index (χ2n) is 7.29. The second kappa shape index (κ2) is 12.2. The first-order chi connectivity index (χ1) is 16.6. The number of benzene rings is 2. The molecule has 0 atom stereocenters. The molecule has 2 aromatic rings. The summed E-state index contributed by atoms with van der Waals surface area (Å²) in [4.78, 5) is 0.00505. The third kappa shape index (κ3) is 6.45. The lowest BCUT2D eigenvalue weighted by Gasteiger charge is -2.24. The average Bonchev–Trinajstić information content (AvgIpc) is 2.87. The largest absolute Gasteiger partial charge is 0.493 e. The quantitative estimate of drug-likeness (QED) is 0.365. The van der Waals surface area contributed by atoms with E-state index in [0.717, 1.165) is 4.31 Å². The molecule has 0 saturated carbocycles. The first-order valence-electron chi connectivity index (χ1n) is 10.6. The maximum atomic E-state index is 13.4. The van der Waals surface area contributed by atoms with Crippen LogP contribution in [-0.2, 0) is 20.0 Å². The van der Waals surface area contributed by atoms with E-state index < -0.39 is 20.0 Å². The number of hydrogen-bond donors (Lipinski definition) is 0. The van der Waals surface area contributed by atoms with Crippen LogP contribution in [0, 0.1) is 0 Å². The van der Waals surface area contributed by atoms with Crippen molar-refractivity contribution in [2.45, 2.75) is 16.7 Å². The van der Waals surface area contributed by atoms with Crippen molar-refractivity contribution in [1.82, 2.24) is 8.61 Å². The normalized spacial score (nSPS) is 12.3. The van der Waals surface area contributed by atoms with Gasteiger partial charge in [0, 0.05) is 38.8 Å². The predicted octanol–water partition coefficient (Wildman–Crippen LogP) is 2.61. The summed E-state index contributed by atoms with van der Waals surface area (Å²) in [6.45, 7) is 1.68. The molecule has 0 spiro atoms. The molecule has 0 heterocycles. The molecule has 0 unspecified atom stereocenters. The minimum atomic E-state index is -3.97. The fourth-order valence-electron chi connectivity index (χ4n) is 3.19. The highest BCUT2D eigenvalue weighted by molar-refractivity contribution is 7.89. The standard InChI is InChI=1S/C23H32N2O8S2/c1-7-8-13-25(35(28,29)19-10-12-21(31-4)23(17-19)33-6)15-14-24(2)34(26,27)18-9-11-20(30-3)22(16-18)32-5/h7-12,16-17H,13-15H2,1-6H3/b8-7+. The Kier molecular flexibility index (Phi) is 9.95. The monoisotopic (exact) mass is 528 g/mol. The fraction of sp³-hybridized carbons (Fsp3) is 0.391. The van der Waals surface area contributed by atoms with Gasteiger partial charge < -0.3 is 18.9 Å². The summed E-state index contributed by atoms with van der Waals surface area (Å²) in [5.41, 5.74) is 0. The van der Waals surface area contributed by atoms with Crippen LogP contribution >= 0.6 is 0 Å². The highest BCUT2D eigenvalue weighted by atomic mass is 32.2. The lowest BCUT2D eigenvalue weighted by atomic mass is 10.3. The third-order valence-corrected chi connectivity index (χ3v) is 8.98. The molecule has 12 heteroatoms. The number of nitrogens with zero attached hydrogens (tertiary/aromatic N) is 2. The van der Waals surface area contributed by atoms with Crippen molar-refractivity contribution < 1.29 is 35.8 Å². The van der Waals surface area contributed by atoms with Crippen LogP contribution in [0.1, 0.15) is 6.92 Å². The molecule has 0 amide bonds. The Hall–Kier alpha value is -2.80. The van der Waals surface area contributed by atoms with Crippen LogP contribution in [0.3, 0.4) is 0 Å². The van der Waals surface area contributed by atoms with Crippen LogP contribution in [-0.4, -0.2) is 80.6 Å². The van der Waals surface area contributed by atoms with E-state index in [-0.39, 0.29) is 40.9 Å². The van der Waals surface area contributed by atoms with Gasteiger partial charge in [-0.3, -0.25) is 0 Å². The summed E-state index contributed by atoms with van der Waals surface area (Å²) in [5.74, 6) is 1.33. The summed E-state index contributed by atoms with van der Waals surface area (Å²) in [6, 6.07) is 8.57. The van der Waals surface area contributed by atoms with Gasteiger partial charge in [0.25, 0.3) is 0 Å². The van der Waals surface area contributed by atoms with Crippen molar-refractivity contribution in [3.8, 4) is 23.0 Å². The minimum absolute atomic E-state index is 0.000372. The Morgan fingerprint density at radius 1 is 0.714 bits per heavy atom. The maximum absolute atomic E-state index is 13.4. The first-order valence-corrected chi connectivity index (χ1v) is 13.5. The van der Waals surface area contributed by atoms with E-state index in [9.17, 15) is 16.8 Å². The lowest BCUT2D eigenvalue weighted by Crippen LogP contribution is -2.39. The van der Waals surface area contributed by atoms with Crippen molar-refractivity contribution in [2.24, 2.45) is 0 Å². The predicted molar refractivity (Wildman–Crippen MR) is 132 cm³/mol. The number of methoxy groups -OCH3 is 4. The highest BCUT2D eigenvalue weighted by Gasteiger charge is 2.28. The van der Waals surface area contributed by atoms with Crippen LogP contribution in [0.4, 0.5) is 0 Å². The Balaban J connectivity index is 2.31. The van der Waals surface area contributed by atoms with Gasteiger partial charge in [-0.1, -0.05) is 12.2 Å². The molecule has 0 aliphatic rings. The van der Waals surface area contributed by atoms with Gasteiger partial charge >= 0.3 is 0 Å². The van der Waals surface area contributed by atoms with E-state index in [2.05, 4.69) is 0 Å². The number of sulfonamides is 2. The van der Waals surface area contributed by atoms with E-state index in [0.29, 0.717) is 11.5 Å². The van der Waals surface area contributed by atoms with Crippen molar-refractivity contribution in [3.63, 3.8) is 0 Å². The van der Waals surface area contributed by atoms with Gasteiger partial charge in [0.05, 0.1) is 38.2 Å².